The van der Waals surface area contributed by atoms with Crippen molar-refractivity contribution < 1.29 is 4.39 Å². The van der Waals surface area contributed by atoms with Crippen molar-refractivity contribution in [2.24, 2.45) is 0 Å². The quantitative estimate of drug-likeness (QED) is 0.464. The highest BCUT2D eigenvalue weighted by Gasteiger charge is 2.12. The fraction of sp³-hybridized carbons (Fsp3) is 0. The maximum Gasteiger partial charge on any atom is 0.182 e. The third kappa shape index (κ3) is 2.35. The molecule has 3 aromatic rings. The smallest absolute Gasteiger partial charge is 0.182 e. The van der Waals surface area contributed by atoms with Crippen molar-refractivity contribution >= 4 is 66.7 Å². The third-order valence-electron chi connectivity index (χ3n) is 2.87. The van der Waals surface area contributed by atoms with Crippen LogP contribution in [0.4, 0.5) is 4.39 Å². The molecule has 1 heterocycles. The molecule has 102 valence electrons. The topological polar surface area (TPSA) is 20.7 Å². The van der Waals surface area contributed by atoms with Crippen molar-refractivity contribution in [3.05, 3.63) is 54.9 Å². The van der Waals surface area contributed by atoms with Crippen molar-refractivity contribution in [2.45, 2.75) is 0 Å². The molecule has 0 unspecified atom stereocenters. The molecule has 0 saturated carbocycles. The highest BCUT2D eigenvalue weighted by atomic mass is 79.9. The average molecular weight is 437 g/mol. The summed E-state index contributed by atoms with van der Waals surface area (Å²) in [5.41, 5.74) is 2.15. The summed E-state index contributed by atoms with van der Waals surface area (Å²) in [7, 11) is 0. The molecule has 0 saturated heterocycles. The van der Waals surface area contributed by atoms with Gasteiger partial charge in [0.2, 0.25) is 0 Å². The number of H-pyrrole nitrogens is 1. The van der Waals surface area contributed by atoms with Gasteiger partial charge in [0.25, 0.3) is 0 Å². The SMILES string of the molecule is Fc1cc2c(cc1Cl)[nH]c(=S)n2-c1ccc(Br)cc1Br. The average Bonchev–Trinajstić information content (AvgIpc) is 2.66. The molecule has 0 radical (unpaired) electrons. The number of fused-ring (bicyclic) bond motifs is 1. The molecule has 0 amide bonds. The van der Waals surface area contributed by atoms with E-state index in [0.29, 0.717) is 15.8 Å². The number of hydrogen-bond acceptors (Lipinski definition) is 1. The largest absolute Gasteiger partial charge is 0.330 e. The zero-order valence-electron chi connectivity index (χ0n) is 9.75. The predicted octanol–water partition coefficient (Wildman–Crippen LogP) is 6.01. The number of rotatable bonds is 1. The molecule has 2 aromatic carbocycles. The Hall–Kier alpha value is -0.690. The lowest BCUT2D eigenvalue weighted by molar-refractivity contribution is 0.629. The molecule has 0 bridgehead atoms. The Labute approximate surface area is 140 Å². The molecule has 0 aliphatic heterocycles. The zero-order valence-corrected chi connectivity index (χ0v) is 14.5. The fourth-order valence-corrected chi connectivity index (χ4v) is 3.70. The standard InChI is InChI=1S/C13H6Br2ClFN2S/c14-6-1-2-11(7(15)3-6)19-12-5-9(17)8(16)4-10(12)18-13(19)20/h1-5H,(H,18,20). The Morgan fingerprint density at radius 1 is 1.20 bits per heavy atom. The van der Waals surface area contributed by atoms with E-state index in [0.717, 1.165) is 14.6 Å². The van der Waals surface area contributed by atoms with E-state index in [2.05, 4.69) is 36.8 Å². The van der Waals surface area contributed by atoms with E-state index < -0.39 is 5.82 Å². The van der Waals surface area contributed by atoms with Crippen LogP contribution in [0.2, 0.25) is 5.02 Å². The van der Waals surface area contributed by atoms with Crippen LogP contribution in [0.5, 0.6) is 0 Å². The number of nitrogens with zero attached hydrogens (tertiary/aromatic N) is 1. The van der Waals surface area contributed by atoms with Crippen molar-refractivity contribution in [1.29, 1.82) is 0 Å². The number of hydrogen-bond donors (Lipinski definition) is 1. The predicted molar refractivity (Wildman–Crippen MR) is 88.8 cm³/mol. The van der Waals surface area contributed by atoms with Gasteiger partial charge in [-0.15, -0.1) is 0 Å². The highest BCUT2D eigenvalue weighted by molar-refractivity contribution is 9.11. The summed E-state index contributed by atoms with van der Waals surface area (Å²) in [5.74, 6) is -0.477. The maximum absolute atomic E-state index is 13.7. The Morgan fingerprint density at radius 3 is 2.65 bits per heavy atom. The van der Waals surface area contributed by atoms with Gasteiger partial charge in [0.15, 0.2) is 4.77 Å². The summed E-state index contributed by atoms with van der Waals surface area (Å²) in [4.78, 5) is 3.03. The molecular weight excluding hydrogens is 430 g/mol. The Kier molecular flexibility index (Phi) is 3.75. The lowest BCUT2D eigenvalue weighted by Crippen LogP contribution is -1.95. The number of halogens is 4. The normalized spacial score (nSPS) is 11.2. The van der Waals surface area contributed by atoms with Crippen LogP contribution in [0.1, 0.15) is 0 Å². The number of imidazole rings is 1. The lowest BCUT2D eigenvalue weighted by atomic mass is 10.2. The maximum atomic E-state index is 13.7. The molecule has 0 spiro atoms. The van der Waals surface area contributed by atoms with E-state index in [-0.39, 0.29) is 5.02 Å². The molecule has 1 aromatic heterocycles. The minimum atomic E-state index is -0.477. The van der Waals surface area contributed by atoms with Crippen LogP contribution in [0.15, 0.2) is 39.3 Å². The van der Waals surface area contributed by atoms with Gasteiger partial charge in [0.1, 0.15) is 5.82 Å². The molecule has 0 fully saturated rings. The summed E-state index contributed by atoms with van der Waals surface area (Å²) in [6, 6.07) is 8.60. The van der Waals surface area contributed by atoms with Gasteiger partial charge >= 0.3 is 0 Å². The second-order valence-corrected chi connectivity index (χ2v) is 6.71. The molecule has 0 atom stereocenters. The van der Waals surface area contributed by atoms with E-state index in [4.69, 9.17) is 23.8 Å². The van der Waals surface area contributed by atoms with E-state index >= 15 is 0 Å². The minimum absolute atomic E-state index is 0.0655. The second kappa shape index (κ2) is 5.26. The van der Waals surface area contributed by atoms with Gasteiger partial charge in [-0.1, -0.05) is 27.5 Å². The molecule has 1 N–H and O–H groups in total. The summed E-state index contributed by atoms with van der Waals surface area (Å²) in [6.07, 6.45) is 0. The molecule has 2 nitrogen and oxygen atoms in total. The van der Waals surface area contributed by atoms with Crippen molar-refractivity contribution in [3.8, 4) is 5.69 Å². The van der Waals surface area contributed by atoms with E-state index in [1.807, 2.05) is 18.2 Å². The van der Waals surface area contributed by atoms with E-state index in [1.54, 1.807) is 4.57 Å². The summed E-state index contributed by atoms with van der Waals surface area (Å²) in [5, 5.41) is 0.0655. The number of aromatic nitrogens is 2. The molecule has 20 heavy (non-hydrogen) atoms. The van der Waals surface area contributed by atoms with Crippen LogP contribution in [0, 0.1) is 10.6 Å². The Morgan fingerprint density at radius 2 is 1.95 bits per heavy atom. The monoisotopic (exact) mass is 434 g/mol. The number of nitrogens with one attached hydrogen (secondary N) is 1. The molecule has 3 rings (SSSR count). The first-order valence-electron chi connectivity index (χ1n) is 5.52. The fourth-order valence-electron chi connectivity index (χ4n) is 2.00. The van der Waals surface area contributed by atoms with Crippen LogP contribution in [0.3, 0.4) is 0 Å². The van der Waals surface area contributed by atoms with Crippen molar-refractivity contribution in [3.63, 3.8) is 0 Å². The van der Waals surface area contributed by atoms with E-state index in [9.17, 15) is 4.39 Å². The van der Waals surface area contributed by atoms with Crippen LogP contribution in [-0.2, 0) is 0 Å². The summed E-state index contributed by atoms with van der Waals surface area (Å²) < 4.78 is 17.7. The third-order valence-corrected chi connectivity index (χ3v) is 4.58. The van der Waals surface area contributed by atoms with Gasteiger partial charge in [-0.05, 0) is 52.4 Å². The van der Waals surface area contributed by atoms with Gasteiger partial charge < -0.3 is 4.98 Å². The molecular formula is C13H6Br2ClFN2S. The van der Waals surface area contributed by atoms with Crippen LogP contribution in [0.25, 0.3) is 16.7 Å². The summed E-state index contributed by atoms with van der Waals surface area (Å²) >= 11 is 18.0. The first-order chi connectivity index (χ1) is 9.47. The summed E-state index contributed by atoms with van der Waals surface area (Å²) in [6.45, 7) is 0. The highest BCUT2D eigenvalue weighted by Crippen LogP contribution is 2.30. The van der Waals surface area contributed by atoms with Gasteiger partial charge in [0, 0.05) is 15.0 Å². The number of aromatic amines is 1. The Balaban J connectivity index is 2.39. The molecule has 0 aliphatic rings. The van der Waals surface area contributed by atoms with Gasteiger partial charge in [0.05, 0.1) is 21.7 Å². The zero-order chi connectivity index (χ0) is 14.4. The van der Waals surface area contributed by atoms with Crippen LogP contribution >= 0.6 is 55.7 Å². The van der Waals surface area contributed by atoms with Crippen LogP contribution in [-0.4, -0.2) is 9.55 Å². The van der Waals surface area contributed by atoms with E-state index in [1.165, 1.54) is 12.1 Å². The van der Waals surface area contributed by atoms with Crippen LogP contribution < -0.4 is 0 Å². The van der Waals surface area contributed by atoms with Gasteiger partial charge in [-0.2, -0.15) is 0 Å². The second-order valence-electron chi connectivity index (χ2n) is 4.14. The van der Waals surface area contributed by atoms with Gasteiger partial charge in [-0.3, -0.25) is 4.57 Å². The van der Waals surface area contributed by atoms with Crippen molar-refractivity contribution in [1.82, 2.24) is 9.55 Å². The first kappa shape index (κ1) is 14.3. The minimum Gasteiger partial charge on any atom is -0.330 e. The lowest BCUT2D eigenvalue weighted by Gasteiger charge is -2.08. The molecule has 0 aliphatic carbocycles. The first-order valence-corrected chi connectivity index (χ1v) is 7.90. The molecule has 7 heteroatoms. The van der Waals surface area contributed by atoms with Gasteiger partial charge in [-0.25, -0.2) is 4.39 Å². The number of benzene rings is 2. The Bertz CT molecular complexity index is 888. The van der Waals surface area contributed by atoms with Crippen molar-refractivity contribution in [2.75, 3.05) is 0 Å².